The molecular formula is C12H23ClN2O. The smallest absolute Gasteiger partial charge is 0.237 e. The highest BCUT2D eigenvalue weighted by Gasteiger charge is 2.22. The molecule has 1 saturated heterocycles. The van der Waals surface area contributed by atoms with Gasteiger partial charge in [0.2, 0.25) is 5.91 Å². The van der Waals surface area contributed by atoms with Gasteiger partial charge in [-0.05, 0) is 38.1 Å². The van der Waals surface area contributed by atoms with E-state index in [2.05, 4.69) is 10.6 Å². The first-order valence-electron chi connectivity index (χ1n) is 6.37. The van der Waals surface area contributed by atoms with E-state index in [0.29, 0.717) is 0 Å². The van der Waals surface area contributed by atoms with Gasteiger partial charge in [-0.2, -0.15) is 0 Å². The van der Waals surface area contributed by atoms with Crippen molar-refractivity contribution < 1.29 is 4.79 Å². The predicted molar refractivity (Wildman–Crippen MR) is 67.9 cm³/mol. The SMILES string of the molecule is Cl.O=C(NCC1CCCC1)[C@@H]1CCCCN1. The molecule has 0 aromatic heterocycles. The summed E-state index contributed by atoms with van der Waals surface area (Å²) >= 11 is 0. The zero-order valence-corrected chi connectivity index (χ0v) is 10.7. The molecule has 1 aliphatic carbocycles. The molecule has 0 unspecified atom stereocenters. The van der Waals surface area contributed by atoms with Crippen LogP contribution in [0.5, 0.6) is 0 Å². The van der Waals surface area contributed by atoms with Crippen LogP contribution < -0.4 is 10.6 Å². The molecular weight excluding hydrogens is 224 g/mol. The maximum Gasteiger partial charge on any atom is 0.237 e. The maximum atomic E-state index is 11.8. The molecule has 3 nitrogen and oxygen atoms in total. The lowest BCUT2D eigenvalue weighted by Gasteiger charge is -2.23. The van der Waals surface area contributed by atoms with Crippen LogP contribution in [0.4, 0.5) is 0 Å². The van der Waals surface area contributed by atoms with E-state index in [0.717, 1.165) is 25.4 Å². The van der Waals surface area contributed by atoms with E-state index in [1.54, 1.807) is 0 Å². The van der Waals surface area contributed by atoms with Crippen LogP contribution in [-0.2, 0) is 4.79 Å². The first kappa shape index (κ1) is 13.8. The van der Waals surface area contributed by atoms with E-state index in [-0.39, 0.29) is 24.4 Å². The van der Waals surface area contributed by atoms with Crippen molar-refractivity contribution in [2.45, 2.75) is 51.0 Å². The molecule has 4 heteroatoms. The molecule has 1 atom stereocenters. The fourth-order valence-electron chi connectivity index (χ4n) is 2.66. The average molecular weight is 247 g/mol. The molecule has 2 fully saturated rings. The van der Waals surface area contributed by atoms with Crippen LogP contribution in [-0.4, -0.2) is 25.0 Å². The highest BCUT2D eigenvalue weighted by atomic mass is 35.5. The molecule has 2 N–H and O–H groups in total. The molecule has 1 amide bonds. The van der Waals surface area contributed by atoms with E-state index in [9.17, 15) is 4.79 Å². The number of carbonyl (C=O) groups is 1. The van der Waals surface area contributed by atoms with E-state index < -0.39 is 0 Å². The van der Waals surface area contributed by atoms with E-state index in [1.807, 2.05) is 0 Å². The zero-order chi connectivity index (χ0) is 10.5. The summed E-state index contributed by atoms with van der Waals surface area (Å²) in [6.07, 6.45) is 8.72. The van der Waals surface area contributed by atoms with Crippen LogP contribution in [0.1, 0.15) is 44.9 Å². The number of amides is 1. The fraction of sp³-hybridized carbons (Fsp3) is 0.917. The molecule has 1 saturated carbocycles. The molecule has 94 valence electrons. The largest absolute Gasteiger partial charge is 0.354 e. The van der Waals surface area contributed by atoms with Crippen LogP contribution in [0.3, 0.4) is 0 Å². The van der Waals surface area contributed by atoms with E-state index in [1.165, 1.54) is 38.5 Å². The third-order valence-electron chi connectivity index (χ3n) is 3.67. The summed E-state index contributed by atoms with van der Waals surface area (Å²) in [5.74, 6) is 0.971. The number of nitrogens with one attached hydrogen (secondary N) is 2. The van der Waals surface area contributed by atoms with Gasteiger partial charge in [0.25, 0.3) is 0 Å². The summed E-state index contributed by atoms with van der Waals surface area (Å²) in [4.78, 5) is 11.8. The standard InChI is InChI=1S/C12H22N2O.ClH/c15-12(11-7-3-4-8-13-11)14-9-10-5-1-2-6-10;/h10-11,13H,1-9H2,(H,14,15);1H/t11-;/m0./s1. The van der Waals surface area contributed by atoms with Crippen LogP contribution in [0.15, 0.2) is 0 Å². The lowest BCUT2D eigenvalue weighted by atomic mass is 10.0. The minimum Gasteiger partial charge on any atom is -0.354 e. The Balaban J connectivity index is 0.00000128. The van der Waals surface area contributed by atoms with E-state index in [4.69, 9.17) is 0 Å². The van der Waals surface area contributed by atoms with Gasteiger partial charge in [-0.15, -0.1) is 12.4 Å². The Morgan fingerprint density at radius 2 is 1.81 bits per heavy atom. The minimum atomic E-state index is 0. The van der Waals surface area contributed by atoms with Crippen LogP contribution >= 0.6 is 12.4 Å². The van der Waals surface area contributed by atoms with Gasteiger partial charge in [0.15, 0.2) is 0 Å². The Hall–Kier alpha value is -0.280. The number of hydrogen-bond acceptors (Lipinski definition) is 2. The predicted octanol–water partition coefficient (Wildman–Crippen LogP) is 1.86. The molecule has 0 radical (unpaired) electrons. The quantitative estimate of drug-likeness (QED) is 0.798. The Bertz CT molecular complexity index is 211. The molecule has 0 aromatic rings. The third-order valence-corrected chi connectivity index (χ3v) is 3.67. The van der Waals surface area contributed by atoms with Crippen molar-refractivity contribution in [3.8, 4) is 0 Å². The van der Waals surface area contributed by atoms with Crippen LogP contribution in [0.2, 0.25) is 0 Å². The number of carbonyl (C=O) groups excluding carboxylic acids is 1. The lowest BCUT2D eigenvalue weighted by Crippen LogP contribution is -2.47. The minimum absolute atomic E-state index is 0. The second kappa shape index (κ2) is 7.13. The summed E-state index contributed by atoms with van der Waals surface area (Å²) in [6.45, 7) is 1.90. The van der Waals surface area contributed by atoms with Gasteiger partial charge in [-0.1, -0.05) is 19.3 Å². The Morgan fingerprint density at radius 3 is 2.44 bits per heavy atom. The van der Waals surface area contributed by atoms with Crippen molar-refractivity contribution in [1.82, 2.24) is 10.6 Å². The number of halogens is 1. The van der Waals surface area contributed by atoms with Gasteiger partial charge >= 0.3 is 0 Å². The third kappa shape index (κ3) is 3.95. The Labute approximate surface area is 104 Å². The van der Waals surface area contributed by atoms with Gasteiger partial charge in [0.05, 0.1) is 6.04 Å². The van der Waals surface area contributed by atoms with Gasteiger partial charge in [0.1, 0.15) is 0 Å². The van der Waals surface area contributed by atoms with Gasteiger partial charge in [0, 0.05) is 6.54 Å². The average Bonchev–Trinajstić information content (AvgIpc) is 2.80. The number of hydrogen-bond donors (Lipinski definition) is 2. The second-order valence-corrected chi connectivity index (χ2v) is 4.90. The van der Waals surface area contributed by atoms with Crippen molar-refractivity contribution in [2.75, 3.05) is 13.1 Å². The zero-order valence-electron chi connectivity index (χ0n) is 9.84. The fourth-order valence-corrected chi connectivity index (χ4v) is 2.66. The van der Waals surface area contributed by atoms with Gasteiger partial charge in [-0.25, -0.2) is 0 Å². The van der Waals surface area contributed by atoms with Gasteiger partial charge < -0.3 is 10.6 Å². The summed E-state index contributed by atoms with van der Waals surface area (Å²) in [6, 6.07) is 0.0835. The van der Waals surface area contributed by atoms with Crippen molar-refractivity contribution in [3.63, 3.8) is 0 Å². The normalized spacial score (nSPS) is 26.1. The molecule has 16 heavy (non-hydrogen) atoms. The first-order valence-corrected chi connectivity index (χ1v) is 6.37. The summed E-state index contributed by atoms with van der Waals surface area (Å²) in [7, 11) is 0. The lowest BCUT2D eigenvalue weighted by molar-refractivity contribution is -0.123. The highest BCUT2D eigenvalue weighted by Crippen LogP contribution is 2.23. The second-order valence-electron chi connectivity index (χ2n) is 4.90. The molecule has 2 rings (SSSR count). The first-order chi connectivity index (χ1) is 7.36. The maximum absolute atomic E-state index is 11.8. The van der Waals surface area contributed by atoms with Crippen molar-refractivity contribution in [2.24, 2.45) is 5.92 Å². The number of piperidine rings is 1. The Kier molecular flexibility index (Phi) is 6.14. The van der Waals surface area contributed by atoms with Gasteiger partial charge in [-0.3, -0.25) is 4.79 Å². The Morgan fingerprint density at radius 1 is 1.12 bits per heavy atom. The molecule has 0 bridgehead atoms. The molecule has 1 aliphatic heterocycles. The topological polar surface area (TPSA) is 41.1 Å². The number of rotatable bonds is 3. The molecule has 2 aliphatic rings. The summed E-state index contributed by atoms with van der Waals surface area (Å²) in [5.41, 5.74) is 0. The molecule has 0 spiro atoms. The van der Waals surface area contributed by atoms with Crippen LogP contribution in [0.25, 0.3) is 0 Å². The molecule has 1 heterocycles. The van der Waals surface area contributed by atoms with Crippen molar-refractivity contribution in [1.29, 1.82) is 0 Å². The summed E-state index contributed by atoms with van der Waals surface area (Å²) in [5, 5.41) is 6.38. The highest BCUT2D eigenvalue weighted by molar-refractivity contribution is 5.85. The monoisotopic (exact) mass is 246 g/mol. The van der Waals surface area contributed by atoms with E-state index >= 15 is 0 Å². The van der Waals surface area contributed by atoms with Crippen LogP contribution in [0, 0.1) is 5.92 Å². The van der Waals surface area contributed by atoms with Crippen molar-refractivity contribution >= 4 is 18.3 Å². The van der Waals surface area contributed by atoms with Crippen molar-refractivity contribution in [3.05, 3.63) is 0 Å². The summed E-state index contributed by atoms with van der Waals surface area (Å²) < 4.78 is 0. The molecule has 0 aromatic carbocycles.